The van der Waals surface area contributed by atoms with E-state index in [1.165, 1.54) is 0 Å². The first-order valence-electron chi connectivity index (χ1n) is 9.76. The quantitative estimate of drug-likeness (QED) is 0.575. The van der Waals surface area contributed by atoms with E-state index in [2.05, 4.69) is 25.9 Å². The third-order valence-corrected chi connectivity index (χ3v) is 4.42. The van der Waals surface area contributed by atoms with Crippen LogP contribution in [0.3, 0.4) is 0 Å². The van der Waals surface area contributed by atoms with Gasteiger partial charge in [0.25, 0.3) is 5.91 Å². The minimum atomic E-state index is -0.703. The molecule has 3 aromatic rings. The van der Waals surface area contributed by atoms with Gasteiger partial charge >= 0.3 is 0 Å². The van der Waals surface area contributed by atoms with Gasteiger partial charge in [-0.3, -0.25) is 4.79 Å². The van der Waals surface area contributed by atoms with Gasteiger partial charge in [0.2, 0.25) is 6.10 Å². The molecule has 0 aliphatic carbocycles. The topological polar surface area (TPSA) is 97.4 Å². The van der Waals surface area contributed by atoms with Crippen molar-refractivity contribution in [3.8, 4) is 11.5 Å². The number of benzene rings is 2. The van der Waals surface area contributed by atoms with Gasteiger partial charge in [-0.1, -0.05) is 12.1 Å². The van der Waals surface area contributed by atoms with Crippen molar-refractivity contribution in [3.63, 3.8) is 0 Å². The first kappa shape index (κ1) is 19.5. The third kappa shape index (κ3) is 4.60. The van der Waals surface area contributed by atoms with Crippen LogP contribution in [0.4, 0.5) is 23.0 Å². The number of nitrogens with zero attached hydrogens (tertiary/aromatic N) is 2. The zero-order chi connectivity index (χ0) is 20.9. The fourth-order valence-corrected chi connectivity index (χ4v) is 3.06. The lowest BCUT2D eigenvalue weighted by molar-refractivity contribution is -0.125. The Bertz CT molecular complexity index is 1040. The molecule has 0 radical (unpaired) electrons. The highest BCUT2D eigenvalue weighted by atomic mass is 16.6. The number of para-hydroxylation sites is 2. The maximum atomic E-state index is 12.5. The Hall–Kier alpha value is -3.81. The summed E-state index contributed by atoms with van der Waals surface area (Å²) in [5, 5.41) is 9.29. The lowest BCUT2D eigenvalue weighted by Gasteiger charge is -2.25. The molecule has 1 atom stereocenters. The summed E-state index contributed by atoms with van der Waals surface area (Å²) in [5.41, 5.74) is 1.51. The number of aryl methyl sites for hydroxylation is 1. The number of amides is 1. The Morgan fingerprint density at radius 1 is 1.03 bits per heavy atom. The summed E-state index contributed by atoms with van der Waals surface area (Å²) in [6.07, 6.45) is -0.703. The van der Waals surface area contributed by atoms with Gasteiger partial charge in [-0.25, -0.2) is 9.97 Å². The van der Waals surface area contributed by atoms with Crippen LogP contribution in [-0.2, 0) is 4.79 Å². The lowest BCUT2D eigenvalue weighted by Crippen LogP contribution is -2.40. The Morgan fingerprint density at radius 2 is 1.73 bits per heavy atom. The first-order chi connectivity index (χ1) is 14.6. The van der Waals surface area contributed by atoms with E-state index in [0.717, 1.165) is 18.1 Å². The summed E-state index contributed by atoms with van der Waals surface area (Å²) in [6.45, 7) is 4.82. The molecule has 1 aliphatic rings. The number of nitrogens with one attached hydrogen (secondary N) is 3. The van der Waals surface area contributed by atoms with Crippen molar-refractivity contribution in [1.82, 2.24) is 9.97 Å². The molecule has 2 heterocycles. The standard InChI is InChI=1S/C22H23N5O3/c1-3-23-20-12-21(25-14(2)24-20)26-15-8-10-16(11-9-15)27-22(28)19-13-29-17-6-4-5-7-18(17)30-19/h4-12,19H,3,13H2,1-2H3,(H,27,28)(H2,23,24,25,26). The average molecular weight is 405 g/mol. The minimum Gasteiger partial charge on any atom is -0.485 e. The van der Waals surface area contributed by atoms with Crippen molar-refractivity contribution in [2.45, 2.75) is 20.0 Å². The van der Waals surface area contributed by atoms with Gasteiger partial charge in [-0.2, -0.15) is 0 Å². The molecule has 30 heavy (non-hydrogen) atoms. The molecule has 0 spiro atoms. The summed E-state index contributed by atoms with van der Waals surface area (Å²) in [5.74, 6) is 3.10. The van der Waals surface area contributed by atoms with Gasteiger partial charge in [-0.05, 0) is 50.2 Å². The molecule has 0 fully saturated rings. The van der Waals surface area contributed by atoms with Gasteiger partial charge in [0, 0.05) is 24.0 Å². The van der Waals surface area contributed by atoms with Crippen LogP contribution < -0.4 is 25.4 Å². The monoisotopic (exact) mass is 405 g/mol. The fourth-order valence-electron chi connectivity index (χ4n) is 3.06. The Kier molecular flexibility index (Phi) is 5.65. The number of aromatic nitrogens is 2. The van der Waals surface area contributed by atoms with Crippen molar-refractivity contribution < 1.29 is 14.3 Å². The van der Waals surface area contributed by atoms with Gasteiger partial charge in [0.1, 0.15) is 24.1 Å². The van der Waals surface area contributed by atoms with E-state index in [0.29, 0.717) is 28.8 Å². The molecule has 1 aliphatic heterocycles. The number of hydrogen-bond donors (Lipinski definition) is 3. The smallest absolute Gasteiger partial charge is 0.269 e. The summed E-state index contributed by atoms with van der Waals surface area (Å²) >= 11 is 0. The number of rotatable bonds is 6. The van der Waals surface area contributed by atoms with Crippen molar-refractivity contribution in [1.29, 1.82) is 0 Å². The third-order valence-electron chi connectivity index (χ3n) is 4.42. The highest BCUT2D eigenvalue weighted by Crippen LogP contribution is 2.31. The van der Waals surface area contributed by atoms with E-state index in [4.69, 9.17) is 9.47 Å². The molecule has 8 nitrogen and oxygen atoms in total. The fraction of sp³-hybridized carbons (Fsp3) is 0.227. The molecule has 1 aromatic heterocycles. The van der Waals surface area contributed by atoms with E-state index in [1.54, 1.807) is 6.07 Å². The summed E-state index contributed by atoms with van der Waals surface area (Å²) in [7, 11) is 0. The molecule has 4 rings (SSSR count). The van der Waals surface area contributed by atoms with Crippen LogP contribution in [0.5, 0.6) is 11.5 Å². The molecule has 0 saturated heterocycles. The van der Waals surface area contributed by atoms with E-state index in [1.807, 2.05) is 62.4 Å². The predicted octanol–water partition coefficient (Wildman–Crippen LogP) is 3.74. The molecule has 1 unspecified atom stereocenters. The van der Waals surface area contributed by atoms with Crippen LogP contribution in [0.2, 0.25) is 0 Å². The van der Waals surface area contributed by atoms with Gasteiger partial charge in [0.15, 0.2) is 11.5 Å². The molecule has 154 valence electrons. The molecule has 0 bridgehead atoms. The molecular weight excluding hydrogens is 382 g/mol. The SMILES string of the molecule is CCNc1cc(Nc2ccc(NC(=O)C3COc4ccccc4O3)cc2)nc(C)n1. The van der Waals surface area contributed by atoms with Crippen molar-refractivity contribution in [3.05, 3.63) is 60.4 Å². The highest BCUT2D eigenvalue weighted by molar-refractivity contribution is 5.94. The number of ether oxygens (including phenoxy) is 2. The highest BCUT2D eigenvalue weighted by Gasteiger charge is 2.27. The molecule has 8 heteroatoms. The predicted molar refractivity (Wildman–Crippen MR) is 116 cm³/mol. The summed E-state index contributed by atoms with van der Waals surface area (Å²) in [4.78, 5) is 21.3. The van der Waals surface area contributed by atoms with E-state index in [9.17, 15) is 4.79 Å². The number of carbonyl (C=O) groups is 1. The zero-order valence-corrected chi connectivity index (χ0v) is 16.8. The van der Waals surface area contributed by atoms with Crippen LogP contribution in [0.15, 0.2) is 54.6 Å². The number of carbonyl (C=O) groups excluding carboxylic acids is 1. The van der Waals surface area contributed by atoms with Crippen LogP contribution in [0, 0.1) is 6.92 Å². The maximum Gasteiger partial charge on any atom is 0.269 e. The van der Waals surface area contributed by atoms with Gasteiger partial charge < -0.3 is 25.4 Å². The number of fused-ring (bicyclic) bond motifs is 1. The van der Waals surface area contributed by atoms with E-state index >= 15 is 0 Å². The minimum absolute atomic E-state index is 0.170. The Labute approximate surface area is 174 Å². The van der Waals surface area contributed by atoms with Gasteiger partial charge in [-0.15, -0.1) is 0 Å². The molecule has 0 saturated carbocycles. The van der Waals surface area contributed by atoms with Crippen LogP contribution >= 0.6 is 0 Å². The lowest BCUT2D eigenvalue weighted by atomic mass is 10.2. The summed E-state index contributed by atoms with van der Waals surface area (Å²) < 4.78 is 11.3. The second-order valence-corrected chi connectivity index (χ2v) is 6.77. The molecule has 3 N–H and O–H groups in total. The molecule has 1 amide bonds. The van der Waals surface area contributed by atoms with Crippen molar-refractivity contribution in [2.24, 2.45) is 0 Å². The van der Waals surface area contributed by atoms with Crippen molar-refractivity contribution in [2.75, 3.05) is 29.1 Å². The number of anilines is 4. The summed E-state index contributed by atoms with van der Waals surface area (Å²) in [6, 6.07) is 16.5. The van der Waals surface area contributed by atoms with Crippen LogP contribution in [0.25, 0.3) is 0 Å². The largest absolute Gasteiger partial charge is 0.485 e. The number of hydrogen-bond acceptors (Lipinski definition) is 7. The Morgan fingerprint density at radius 3 is 2.50 bits per heavy atom. The first-order valence-corrected chi connectivity index (χ1v) is 9.76. The van der Waals surface area contributed by atoms with Gasteiger partial charge in [0.05, 0.1) is 0 Å². The Balaban J connectivity index is 1.38. The van der Waals surface area contributed by atoms with E-state index in [-0.39, 0.29) is 12.5 Å². The van der Waals surface area contributed by atoms with Crippen LogP contribution in [0.1, 0.15) is 12.7 Å². The maximum absolute atomic E-state index is 12.5. The van der Waals surface area contributed by atoms with Crippen molar-refractivity contribution >= 4 is 28.9 Å². The second-order valence-electron chi connectivity index (χ2n) is 6.77. The molecule has 2 aromatic carbocycles. The second kappa shape index (κ2) is 8.69. The normalized spacial score (nSPS) is 14.7. The van der Waals surface area contributed by atoms with Crippen LogP contribution in [-0.4, -0.2) is 35.1 Å². The van der Waals surface area contributed by atoms with E-state index < -0.39 is 6.10 Å². The molecular formula is C22H23N5O3. The average Bonchev–Trinajstić information content (AvgIpc) is 2.74. The zero-order valence-electron chi connectivity index (χ0n) is 16.8.